The number of fused-ring (bicyclic) bond motifs is 1. The highest BCUT2D eigenvalue weighted by atomic mass is 15.3. The van der Waals surface area contributed by atoms with Crippen molar-refractivity contribution in [1.82, 2.24) is 14.6 Å². The van der Waals surface area contributed by atoms with Crippen molar-refractivity contribution in [3.63, 3.8) is 0 Å². The van der Waals surface area contributed by atoms with Gasteiger partial charge in [0.05, 0.1) is 0 Å². The summed E-state index contributed by atoms with van der Waals surface area (Å²) in [5.41, 5.74) is 5.80. The van der Waals surface area contributed by atoms with Crippen LogP contribution in [-0.4, -0.2) is 14.6 Å². The summed E-state index contributed by atoms with van der Waals surface area (Å²) >= 11 is 0. The van der Waals surface area contributed by atoms with Crippen LogP contribution >= 0.6 is 0 Å². The maximum Gasteiger partial charge on any atom is 0.161 e. The van der Waals surface area contributed by atoms with Crippen LogP contribution in [0.15, 0.2) is 36.7 Å². The Morgan fingerprint density at radius 3 is 2.62 bits per heavy atom. The lowest BCUT2D eigenvalue weighted by atomic mass is 10.0. The molecule has 1 N–H and O–H groups in total. The fourth-order valence-corrected chi connectivity index (χ4v) is 2.05. The Balaban J connectivity index is 2.28. The standard InChI is InChI=1S/C13H13N3/c1-9-3-5-11(6-4-9)12-10(2)15-16-8-7-14-13(12)16/h3-8,15H,1-2H3. The van der Waals surface area contributed by atoms with Crippen molar-refractivity contribution >= 4 is 5.65 Å². The van der Waals surface area contributed by atoms with Crippen LogP contribution in [0.25, 0.3) is 16.8 Å². The van der Waals surface area contributed by atoms with Crippen LogP contribution in [0.1, 0.15) is 11.3 Å². The Morgan fingerprint density at radius 1 is 1.12 bits per heavy atom. The molecule has 0 aliphatic rings. The number of benzene rings is 1. The molecule has 0 saturated heterocycles. The molecule has 1 aromatic carbocycles. The highest BCUT2D eigenvalue weighted by Crippen LogP contribution is 2.27. The van der Waals surface area contributed by atoms with E-state index in [1.54, 1.807) is 0 Å². The molecule has 0 atom stereocenters. The number of nitrogens with one attached hydrogen (secondary N) is 1. The molecule has 0 amide bonds. The zero-order chi connectivity index (χ0) is 11.1. The van der Waals surface area contributed by atoms with E-state index in [9.17, 15) is 0 Å². The summed E-state index contributed by atoms with van der Waals surface area (Å²) in [5.74, 6) is 0. The van der Waals surface area contributed by atoms with Crippen LogP contribution in [0.2, 0.25) is 0 Å². The van der Waals surface area contributed by atoms with Gasteiger partial charge in [-0.25, -0.2) is 9.50 Å². The maximum atomic E-state index is 4.37. The second-order valence-electron chi connectivity index (χ2n) is 4.10. The summed E-state index contributed by atoms with van der Waals surface area (Å²) in [5, 5.41) is 3.27. The summed E-state index contributed by atoms with van der Waals surface area (Å²) in [6, 6.07) is 8.53. The summed E-state index contributed by atoms with van der Waals surface area (Å²) in [6.07, 6.45) is 3.74. The van der Waals surface area contributed by atoms with E-state index in [1.807, 2.05) is 16.9 Å². The Kier molecular flexibility index (Phi) is 1.86. The third-order valence-corrected chi connectivity index (χ3v) is 2.87. The number of H-pyrrole nitrogens is 1. The summed E-state index contributed by atoms with van der Waals surface area (Å²) in [6.45, 7) is 4.17. The van der Waals surface area contributed by atoms with Gasteiger partial charge in [-0.15, -0.1) is 0 Å². The molecule has 0 aliphatic heterocycles. The summed E-state index contributed by atoms with van der Waals surface area (Å²) < 4.78 is 1.95. The van der Waals surface area contributed by atoms with E-state index in [0.29, 0.717) is 0 Å². The maximum absolute atomic E-state index is 4.37. The first-order chi connectivity index (χ1) is 7.75. The van der Waals surface area contributed by atoms with E-state index in [2.05, 4.69) is 48.2 Å². The second kappa shape index (κ2) is 3.23. The molecule has 2 heterocycles. The normalized spacial score (nSPS) is 11.1. The van der Waals surface area contributed by atoms with Crippen LogP contribution < -0.4 is 0 Å². The molecule has 16 heavy (non-hydrogen) atoms. The van der Waals surface area contributed by atoms with E-state index in [4.69, 9.17) is 0 Å². The minimum Gasteiger partial charge on any atom is -0.297 e. The minimum atomic E-state index is 0.987. The third-order valence-electron chi connectivity index (χ3n) is 2.87. The lowest BCUT2D eigenvalue weighted by Crippen LogP contribution is -1.81. The van der Waals surface area contributed by atoms with Crippen molar-refractivity contribution in [2.75, 3.05) is 0 Å². The second-order valence-corrected chi connectivity index (χ2v) is 4.10. The number of rotatable bonds is 1. The summed E-state index contributed by atoms with van der Waals surface area (Å²) in [4.78, 5) is 4.37. The quantitative estimate of drug-likeness (QED) is 0.659. The van der Waals surface area contributed by atoms with Gasteiger partial charge in [0.1, 0.15) is 0 Å². The van der Waals surface area contributed by atoms with E-state index in [-0.39, 0.29) is 0 Å². The first kappa shape index (κ1) is 9.21. The SMILES string of the molecule is Cc1ccc(-c2c(C)[nH]n3ccnc23)cc1. The van der Waals surface area contributed by atoms with Crippen LogP contribution in [0.5, 0.6) is 0 Å². The highest BCUT2D eigenvalue weighted by molar-refractivity contribution is 5.79. The number of imidazole rings is 1. The first-order valence-corrected chi connectivity index (χ1v) is 5.34. The predicted octanol–water partition coefficient (Wildman–Crippen LogP) is 2.95. The van der Waals surface area contributed by atoms with Gasteiger partial charge in [0, 0.05) is 23.7 Å². The average molecular weight is 211 g/mol. The molecule has 0 aliphatic carbocycles. The lowest BCUT2D eigenvalue weighted by molar-refractivity contribution is 0.945. The molecule has 80 valence electrons. The van der Waals surface area contributed by atoms with Gasteiger partial charge in [-0.1, -0.05) is 29.8 Å². The van der Waals surface area contributed by atoms with Gasteiger partial charge >= 0.3 is 0 Å². The van der Waals surface area contributed by atoms with Gasteiger partial charge < -0.3 is 0 Å². The van der Waals surface area contributed by atoms with Crippen molar-refractivity contribution in [2.45, 2.75) is 13.8 Å². The van der Waals surface area contributed by atoms with Crippen molar-refractivity contribution < 1.29 is 0 Å². The molecular formula is C13H13N3. The number of aromatic nitrogens is 3. The molecule has 0 fully saturated rings. The minimum absolute atomic E-state index is 0.987. The predicted molar refractivity (Wildman–Crippen MR) is 64.5 cm³/mol. The average Bonchev–Trinajstić information content (AvgIpc) is 2.79. The van der Waals surface area contributed by atoms with Crippen molar-refractivity contribution in [3.8, 4) is 11.1 Å². The zero-order valence-corrected chi connectivity index (χ0v) is 9.36. The molecule has 0 saturated carbocycles. The van der Waals surface area contributed by atoms with E-state index < -0.39 is 0 Å². The summed E-state index contributed by atoms with van der Waals surface area (Å²) in [7, 11) is 0. The Labute approximate surface area is 93.7 Å². The molecule has 2 aromatic heterocycles. The Morgan fingerprint density at radius 2 is 1.88 bits per heavy atom. The van der Waals surface area contributed by atoms with Gasteiger partial charge in [0.25, 0.3) is 0 Å². The number of aryl methyl sites for hydroxylation is 2. The monoisotopic (exact) mass is 211 g/mol. The van der Waals surface area contributed by atoms with Crippen molar-refractivity contribution in [1.29, 1.82) is 0 Å². The molecule has 0 radical (unpaired) electrons. The van der Waals surface area contributed by atoms with E-state index >= 15 is 0 Å². The molecule has 0 spiro atoms. The van der Waals surface area contributed by atoms with Gasteiger partial charge in [-0.3, -0.25) is 5.10 Å². The Bertz CT molecular complexity index is 629. The number of hydrogen-bond donors (Lipinski definition) is 1. The van der Waals surface area contributed by atoms with Crippen molar-refractivity contribution in [3.05, 3.63) is 47.9 Å². The fourth-order valence-electron chi connectivity index (χ4n) is 2.05. The topological polar surface area (TPSA) is 33.1 Å². The van der Waals surface area contributed by atoms with Gasteiger partial charge in [0.15, 0.2) is 5.65 Å². The molecular weight excluding hydrogens is 198 g/mol. The van der Waals surface area contributed by atoms with Crippen LogP contribution in [0, 0.1) is 13.8 Å². The largest absolute Gasteiger partial charge is 0.297 e. The lowest BCUT2D eigenvalue weighted by Gasteiger charge is -2.00. The molecule has 3 heteroatoms. The fraction of sp³-hybridized carbons (Fsp3) is 0.154. The molecule has 0 unspecified atom stereocenters. The smallest absolute Gasteiger partial charge is 0.161 e. The number of aromatic amines is 1. The number of nitrogens with zero attached hydrogens (tertiary/aromatic N) is 2. The van der Waals surface area contributed by atoms with Crippen LogP contribution in [-0.2, 0) is 0 Å². The Hall–Kier alpha value is -2.03. The number of hydrogen-bond acceptors (Lipinski definition) is 1. The first-order valence-electron chi connectivity index (χ1n) is 5.34. The molecule has 3 aromatic rings. The van der Waals surface area contributed by atoms with Gasteiger partial charge in [-0.2, -0.15) is 0 Å². The molecule has 3 rings (SSSR count). The van der Waals surface area contributed by atoms with Gasteiger partial charge in [-0.05, 0) is 19.4 Å². The van der Waals surface area contributed by atoms with E-state index in [0.717, 1.165) is 11.3 Å². The van der Waals surface area contributed by atoms with Gasteiger partial charge in [0.2, 0.25) is 0 Å². The van der Waals surface area contributed by atoms with Crippen molar-refractivity contribution in [2.24, 2.45) is 0 Å². The molecule has 0 bridgehead atoms. The van der Waals surface area contributed by atoms with E-state index in [1.165, 1.54) is 16.7 Å². The van der Waals surface area contributed by atoms with Crippen LogP contribution in [0.3, 0.4) is 0 Å². The zero-order valence-electron chi connectivity index (χ0n) is 9.36. The highest BCUT2D eigenvalue weighted by Gasteiger charge is 2.10. The van der Waals surface area contributed by atoms with Crippen LogP contribution in [0.4, 0.5) is 0 Å². The third kappa shape index (κ3) is 1.25. The molecule has 3 nitrogen and oxygen atoms in total.